The van der Waals surface area contributed by atoms with Gasteiger partial charge in [-0.15, -0.1) is 0 Å². The molecular formula is C19H20ClN3O4. The molecule has 2 heterocycles. The van der Waals surface area contributed by atoms with E-state index in [4.69, 9.17) is 16.3 Å². The summed E-state index contributed by atoms with van der Waals surface area (Å²) in [6.45, 7) is 2.70. The number of ether oxygens (including phenoxy) is 1. The molecule has 2 amide bonds. The van der Waals surface area contributed by atoms with Gasteiger partial charge in [-0.05, 0) is 36.8 Å². The van der Waals surface area contributed by atoms with Crippen molar-refractivity contribution < 1.29 is 19.4 Å². The van der Waals surface area contributed by atoms with E-state index in [-0.39, 0.29) is 30.2 Å². The molecule has 2 N–H and O–H groups in total. The molecule has 8 heteroatoms. The van der Waals surface area contributed by atoms with Crippen LogP contribution in [0, 0.1) is 0 Å². The molecule has 142 valence electrons. The summed E-state index contributed by atoms with van der Waals surface area (Å²) in [6.07, 6.45) is 0.585. The van der Waals surface area contributed by atoms with Crippen molar-refractivity contribution in [3.8, 4) is 0 Å². The third-order valence-electron chi connectivity index (χ3n) is 4.44. The minimum atomic E-state index is -0.877. The highest BCUT2D eigenvalue weighted by Crippen LogP contribution is 2.25. The molecule has 0 saturated carbocycles. The normalized spacial score (nSPS) is 18.3. The molecule has 1 aliphatic heterocycles. The number of benzene rings is 1. The molecule has 2 aromatic rings. The zero-order chi connectivity index (χ0) is 19.4. The highest BCUT2D eigenvalue weighted by molar-refractivity contribution is 6.29. The summed E-state index contributed by atoms with van der Waals surface area (Å²) in [4.78, 5) is 29.6. The van der Waals surface area contributed by atoms with E-state index in [0.717, 1.165) is 0 Å². The Hall–Kier alpha value is -2.48. The maximum absolute atomic E-state index is 12.2. The van der Waals surface area contributed by atoms with Crippen molar-refractivity contribution in [2.45, 2.75) is 19.1 Å². The minimum absolute atomic E-state index is 0.0427. The number of halogens is 1. The van der Waals surface area contributed by atoms with E-state index in [1.165, 1.54) is 12.3 Å². The summed E-state index contributed by atoms with van der Waals surface area (Å²) >= 11 is 5.80. The first-order valence-electron chi connectivity index (χ1n) is 8.57. The van der Waals surface area contributed by atoms with Gasteiger partial charge in [0, 0.05) is 24.0 Å². The van der Waals surface area contributed by atoms with E-state index in [0.29, 0.717) is 23.4 Å². The first kappa shape index (κ1) is 19.3. The number of aromatic nitrogens is 1. The molecule has 3 rings (SSSR count). The highest BCUT2D eigenvalue weighted by atomic mass is 35.5. The lowest BCUT2D eigenvalue weighted by Gasteiger charge is -2.37. The zero-order valence-corrected chi connectivity index (χ0v) is 15.5. The molecule has 1 fully saturated rings. The van der Waals surface area contributed by atoms with E-state index >= 15 is 0 Å². The molecule has 1 aromatic heterocycles. The lowest BCUT2D eigenvalue weighted by atomic mass is 10.00. The van der Waals surface area contributed by atoms with Crippen LogP contribution in [0.4, 0.5) is 5.69 Å². The second-order valence-electron chi connectivity index (χ2n) is 6.15. The van der Waals surface area contributed by atoms with Crippen LogP contribution in [-0.2, 0) is 9.53 Å². The molecule has 1 saturated heterocycles. The number of morpholine rings is 1. The van der Waals surface area contributed by atoms with Crippen molar-refractivity contribution in [3.05, 3.63) is 58.9 Å². The molecule has 0 unspecified atom stereocenters. The number of nitrogens with zero attached hydrogens (tertiary/aromatic N) is 2. The standard InChI is InChI=1S/C19H20ClN3O4/c1-2-23-15(10-27-11-17(23)24)18(25)12-3-5-14(6-4-12)22-19(26)13-7-8-21-16(20)9-13/h3-9,15,18,25H,2,10-11H2,1H3,(H,22,26)/t15-,18-/m1/s1. The Balaban J connectivity index is 1.69. The van der Waals surface area contributed by atoms with Crippen molar-refractivity contribution in [2.75, 3.05) is 25.1 Å². The SMILES string of the molecule is CCN1C(=O)COC[C@@H]1[C@H](O)c1ccc(NC(=O)c2ccnc(Cl)c2)cc1. The fourth-order valence-electron chi connectivity index (χ4n) is 3.03. The van der Waals surface area contributed by atoms with E-state index in [1.807, 2.05) is 6.92 Å². The average Bonchev–Trinajstić information content (AvgIpc) is 2.68. The van der Waals surface area contributed by atoms with Crippen molar-refractivity contribution in [1.82, 2.24) is 9.88 Å². The third-order valence-corrected chi connectivity index (χ3v) is 4.65. The van der Waals surface area contributed by atoms with Crippen LogP contribution in [0.1, 0.15) is 28.9 Å². The lowest BCUT2D eigenvalue weighted by Crippen LogP contribution is -2.51. The molecule has 1 aromatic carbocycles. The summed E-state index contributed by atoms with van der Waals surface area (Å²) in [6, 6.07) is 9.44. The number of aliphatic hydroxyl groups excluding tert-OH is 1. The van der Waals surface area contributed by atoms with Gasteiger partial charge in [-0.3, -0.25) is 9.59 Å². The Morgan fingerprint density at radius 2 is 2.15 bits per heavy atom. The number of nitrogens with one attached hydrogen (secondary N) is 1. The van der Waals surface area contributed by atoms with Crippen molar-refractivity contribution in [2.24, 2.45) is 0 Å². The number of rotatable bonds is 5. The zero-order valence-electron chi connectivity index (χ0n) is 14.8. The Morgan fingerprint density at radius 1 is 1.41 bits per heavy atom. The largest absolute Gasteiger partial charge is 0.386 e. The first-order valence-corrected chi connectivity index (χ1v) is 8.95. The number of carbonyl (C=O) groups is 2. The Morgan fingerprint density at radius 3 is 2.81 bits per heavy atom. The maximum atomic E-state index is 12.2. The van der Waals surface area contributed by atoms with E-state index < -0.39 is 12.1 Å². The summed E-state index contributed by atoms with van der Waals surface area (Å²) in [5.74, 6) is -0.441. The topological polar surface area (TPSA) is 91.8 Å². The van der Waals surface area contributed by atoms with Gasteiger partial charge >= 0.3 is 0 Å². The van der Waals surface area contributed by atoms with Crippen LogP contribution >= 0.6 is 11.6 Å². The van der Waals surface area contributed by atoms with Crippen LogP contribution in [0.5, 0.6) is 0 Å². The Kier molecular flexibility index (Phi) is 6.05. The number of hydrogen-bond acceptors (Lipinski definition) is 5. The first-order chi connectivity index (χ1) is 13.0. The number of likely N-dealkylation sites (N-methyl/N-ethyl adjacent to an activating group) is 1. The second-order valence-corrected chi connectivity index (χ2v) is 6.54. The van der Waals surface area contributed by atoms with Crippen molar-refractivity contribution >= 4 is 29.1 Å². The van der Waals surface area contributed by atoms with E-state index in [1.54, 1.807) is 35.2 Å². The van der Waals surface area contributed by atoms with Gasteiger partial charge in [0.1, 0.15) is 17.9 Å². The van der Waals surface area contributed by atoms with Gasteiger partial charge < -0.3 is 20.1 Å². The van der Waals surface area contributed by atoms with Gasteiger partial charge in [0.05, 0.1) is 12.6 Å². The van der Waals surface area contributed by atoms with Crippen molar-refractivity contribution in [3.63, 3.8) is 0 Å². The number of pyridine rings is 1. The molecule has 27 heavy (non-hydrogen) atoms. The molecule has 0 aliphatic carbocycles. The predicted molar refractivity (Wildman–Crippen MR) is 101 cm³/mol. The molecule has 2 atom stereocenters. The predicted octanol–water partition coefficient (Wildman–Crippen LogP) is 2.27. The van der Waals surface area contributed by atoms with Gasteiger partial charge in [-0.25, -0.2) is 4.98 Å². The number of hydrogen-bond donors (Lipinski definition) is 2. The van der Waals surface area contributed by atoms with Crippen LogP contribution in [0.2, 0.25) is 5.15 Å². The Labute approximate surface area is 161 Å². The highest BCUT2D eigenvalue weighted by Gasteiger charge is 2.33. The van der Waals surface area contributed by atoms with Crippen LogP contribution in [0.25, 0.3) is 0 Å². The van der Waals surface area contributed by atoms with E-state index in [2.05, 4.69) is 10.3 Å². The van der Waals surface area contributed by atoms with Gasteiger partial charge in [0.25, 0.3) is 5.91 Å². The smallest absolute Gasteiger partial charge is 0.255 e. The summed E-state index contributed by atoms with van der Waals surface area (Å²) in [5, 5.41) is 13.7. The maximum Gasteiger partial charge on any atom is 0.255 e. The molecule has 1 aliphatic rings. The minimum Gasteiger partial charge on any atom is -0.386 e. The van der Waals surface area contributed by atoms with Gasteiger partial charge in [0.15, 0.2) is 0 Å². The number of carbonyl (C=O) groups excluding carboxylic acids is 2. The van der Waals surface area contributed by atoms with Gasteiger partial charge in [-0.1, -0.05) is 23.7 Å². The van der Waals surface area contributed by atoms with Crippen LogP contribution in [0.15, 0.2) is 42.6 Å². The van der Waals surface area contributed by atoms with Crippen LogP contribution in [-0.4, -0.2) is 52.6 Å². The second kappa shape index (κ2) is 8.47. The molecule has 0 radical (unpaired) electrons. The number of aliphatic hydroxyl groups is 1. The fraction of sp³-hybridized carbons (Fsp3) is 0.316. The van der Waals surface area contributed by atoms with Gasteiger partial charge in [0.2, 0.25) is 5.91 Å². The van der Waals surface area contributed by atoms with E-state index in [9.17, 15) is 14.7 Å². The quantitative estimate of drug-likeness (QED) is 0.765. The lowest BCUT2D eigenvalue weighted by molar-refractivity contribution is -0.153. The fourth-order valence-corrected chi connectivity index (χ4v) is 3.20. The average molecular weight is 390 g/mol. The van der Waals surface area contributed by atoms with Crippen LogP contribution in [0.3, 0.4) is 0 Å². The summed E-state index contributed by atoms with van der Waals surface area (Å²) < 4.78 is 5.28. The van der Waals surface area contributed by atoms with Gasteiger partial charge in [-0.2, -0.15) is 0 Å². The summed E-state index contributed by atoms with van der Waals surface area (Å²) in [7, 11) is 0. The molecule has 0 spiro atoms. The summed E-state index contributed by atoms with van der Waals surface area (Å²) in [5.41, 5.74) is 1.62. The Bertz CT molecular complexity index is 828. The third kappa shape index (κ3) is 4.44. The van der Waals surface area contributed by atoms with Crippen molar-refractivity contribution in [1.29, 1.82) is 0 Å². The number of amides is 2. The monoisotopic (exact) mass is 389 g/mol. The van der Waals surface area contributed by atoms with Crippen LogP contribution < -0.4 is 5.32 Å². The number of anilines is 1. The molecule has 7 nitrogen and oxygen atoms in total. The molecular weight excluding hydrogens is 370 g/mol. The molecule has 0 bridgehead atoms.